The van der Waals surface area contributed by atoms with Crippen LogP contribution in [0.5, 0.6) is 0 Å². The number of hydrogen-bond acceptors (Lipinski definition) is 4. The van der Waals surface area contributed by atoms with Gasteiger partial charge in [0.2, 0.25) is 5.78 Å². The van der Waals surface area contributed by atoms with E-state index in [4.69, 9.17) is 4.74 Å². The maximum Gasteiger partial charge on any atom is 0.338 e. The van der Waals surface area contributed by atoms with Gasteiger partial charge in [-0.05, 0) is 49.6 Å². The lowest BCUT2D eigenvalue weighted by Gasteiger charge is -2.12. The molecular weight excluding hydrogens is 380 g/mol. The fraction of sp³-hybridized carbons (Fsp3) is 0.292. The van der Waals surface area contributed by atoms with Crippen molar-refractivity contribution in [2.45, 2.75) is 33.6 Å². The summed E-state index contributed by atoms with van der Waals surface area (Å²) in [5.74, 6) is -0.535. The molecule has 0 unspecified atom stereocenters. The van der Waals surface area contributed by atoms with Crippen molar-refractivity contribution in [1.82, 2.24) is 9.13 Å². The van der Waals surface area contributed by atoms with Crippen LogP contribution in [0.1, 0.15) is 57.4 Å². The van der Waals surface area contributed by atoms with E-state index in [1.54, 1.807) is 13.1 Å². The van der Waals surface area contributed by atoms with E-state index >= 15 is 0 Å². The molecule has 0 spiro atoms. The molecule has 0 radical (unpaired) electrons. The highest BCUT2D eigenvalue weighted by atomic mass is 16.5. The summed E-state index contributed by atoms with van der Waals surface area (Å²) in [6, 6.07) is 12.7. The van der Waals surface area contributed by atoms with Crippen LogP contribution < -0.4 is 5.56 Å². The second-order valence-electron chi connectivity index (χ2n) is 7.73. The number of esters is 1. The van der Waals surface area contributed by atoms with E-state index in [0.29, 0.717) is 11.5 Å². The van der Waals surface area contributed by atoms with Gasteiger partial charge in [0.15, 0.2) is 6.61 Å². The summed E-state index contributed by atoms with van der Waals surface area (Å²) in [6.07, 6.45) is 1.49. The molecule has 0 aliphatic rings. The summed E-state index contributed by atoms with van der Waals surface area (Å²) in [5, 5.41) is 0. The number of aryl methyl sites for hydroxylation is 2. The van der Waals surface area contributed by atoms with Gasteiger partial charge in [-0.3, -0.25) is 9.59 Å². The quantitative estimate of drug-likeness (QED) is 0.459. The van der Waals surface area contributed by atoms with Gasteiger partial charge in [-0.25, -0.2) is 4.79 Å². The van der Waals surface area contributed by atoms with E-state index in [1.807, 2.05) is 30.5 Å². The van der Waals surface area contributed by atoms with E-state index in [9.17, 15) is 14.4 Å². The topological polar surface area (TPSA) is 70.3 Å². The molecule has 0 saturated heterocycles. The molecule has 0 N–H and O–H groups in total. The van der Waals surface area contributed by atoms with Crippen molar-refractivity contribution < 1.29 is 14.3 Å². The smallest absolute Gasteiger partial charge is 0.338 e. The molecule has 0 saturated carbocycles. The third-order valence-electron chi connectivity index (χ3n) is 5.22. The minimum absolute atomic E-state index is 0.126. The van der Waals surface area contributed by atoms with Gasteiger partial charge in [0.05, 0.1) is 5.56 Å². The SMILES string of the molecule is Cc1cc(C(=O)COC(=O)c2ccn(C)c(=O)c2)c(C)n1-c1ccc(C(C)C)cc1. The van der Waals surface area contributed by atoms with Gasteiger partial charge in [-0.15, -0.1) is 0 Å². The van der Waals surface area contributed by atoms with Gasteiger partial charge in [0.25, 0.3) is 5.56 Å². The first-order valence-electron chi connectivity index (χ1n) is 9.85. The predicted octanol–water partition coefficient (Wildman–Crippen LogP) is 3.96. The fourth-order valence-electron chi connectivity index (χ4n) is 3.42. The molecule has 6 heteroatoms. The Morgan fingerprint density at radius 1 is 1.03 bits per heavy atom. The summed E-state index contributed by atoms with van der Waals surface area (Å²) in [7, 11) is 1.59. The molecule has 0 atom stereocenters. The van der Waals surface area contributed by atoms with Gasteiger partial charge in [0.1, 0.15) is 0 Å². The second-order valence-corrected chi connectivity index (χ2v) is 7.73. The minimum Gasteiger partial charge on any atom is -0.454 e. The zero-order valence-corrected chi connectivity index (χ0v) is 17.9. The Morgan fingerprint density at radius 2 is 1.70 bits per heavy atom. The molecule has 0 aliphatic carbocycles. The van der Waals surface area contributed by atoms with Crippen LogP contribution in [0, 0.1) is 13.8 Å². The number of rotatable bonds is 6. The Morgan fingerprint density at radius 3 is 2.30 bits per heavy atom. The van der Waals surface area contributed by atoms with Crippen molar-refractivity contribution >= 4 is 11.8 Å². The van der Waals surface area contributed by atoms with Crippen molar-refractivity contribution in [1.29, 1.82) is 0 Å². The van der Waals surface area contributed by atoms with Gasteiger partial charge in [0, 0.05) is 41.9 Å². The fourth-order valence-corrected chi connectivity index (χ4v) is 3.42. The van der Waals surface area contributed by atoms with Gasteiger partial charge in [-0.2, -0.15) is 0 Å². The van der Waals surface area contributed by atoms with Crippen LogP contribution in [-0.2, 0) is 11.8 Å². The van der Waals surface area contributed by atoms with E-state index in [1.165, 1.54) is 28.5 Å². The maximum absolute atomic E-state index is 12.7. The highest BCUT2D eigenvalue weighted by molar-refractivity contribution is 6.00. The number of carbonyl (C=O) groups excluding carboxylic acids is 2. The number of carbonyl (C=O) groups is 2. The van der Waals surface area contributed by atoms with Crippen LogP contribution in [0.2, 0.25) is 0 Å². The van der Waals surface area contributed by atoms with Crippen molar-refractivity contribution in [3.8, 4) is 5.69 Å². The van der Waals surface area contributed by atoms with Gasteiger partial charge in [-0.1, -0.05) is 26.0 Å². The molecule has 0 aliphatic heterocycles. The predicted molar refractivity (Wildman–Crippen MR) is 116 cm³/mol. The molecule has 1 aromatic carbocycles. The first-order chi connectivity index (χ1) is 14.2. The third-order valence-corrected chi connectivity index (χ3v) is 5.22. The summed E-state index contributed by atoms with van der Waals surface area (Å²) in [6.45, 7) is 7.72. The highest BCUT2D eigenvalue weighted by Gasteiger charge is 2.19. The summed E-state index contributed by atoms with van der Waals surface area (Å²) < 4.78 is 8.51. The lowest BCUT2D eigenvalue weighted by atomic mass is 10.0. The molecule has 30 heavy (non-hydrogen) atoms. The Hall–Kier alpha value is -3.41. The molecule has 0 amide bonds. The number of pyridine rings is 1. The Balaban J connectivity index is 1.77. The summed E-state index contributed by atoms with van der Waals surface area (Å²) in [5.41, 5.74) is 4.26. The standard InChI is InChI=1S/C24H26N2O4/c1-15(2)18-6-8-20(9-7-18)26-16(3)12-21(17(26)4)22(27)14-30-24(29)19-10-11-25(5)23(28)13-19/h6-13,15H,14H2,1-5H3. The monoisotopic (exact) mass is 406 g/mol. The van der Waals surface area contributed by atoms with Gasteiger partial charge >= 0.3 is 5.97 Å². The summed E-state index contributed by atoms with van der Waals surface area (Å²) >= 11 is 0. The lowest BCUT2D eigenvalue weighted by molar-refractivity contribution is 0.0474. The van der Waals surface area contributed by atoms with Crippen LogP contribution in [0.4, 0.5) is 0 Å². The summed E-state index contributed by atoms with van der Waals surface area (Å²) in [4.78, 5) is 36.6. The normalized spacial score (nSPS) is 11.0. The van der Waals surface area contributed by atoms with Crippen molar-refractivity contribution in [2.24, 2.45) is 7.05 Å². The average molecular weight is 406 g/mol. The molecular formula is C24H26N2O4. The number of benzene rings is 1. The van der Waals surface area contributed by atoms with Gasteiger partial charge < -0.3 is 13.9 Å². The minimum atomic E-state index is -0.695. The molecule has 0 fully saturated rings. The number of Topliss-reactive ketones (excluding diaryl/α,β-unsaturated/α-hetero) is 1. The van der Waals surface area contributed by atoms with E-state index < -0.39 is 5.97 Å². The first-order valence-corrected chi connectivity index (χ1v) is 9.85. The molecule has 3 rings (SSSR count). The van der Waals surface area contributed by atoms with Crippen LogP contribution in [0.25, 0.3) is 5.69 Å². The highest BCUT2D eigenvalue weighted by Crippen LogP contribution is 2.23. The van der Waals surface area contributed by atoms with E-state index in [0.717, 1.165) is 17.1 Å². The van der Waals surface area contributed by atoms with Crippen LogP contribution >= 0.6 is 0 Å². The lowest BCUT2D eigenvalue weighted by Crippen LogP contribution is -2.19. The number of ketones is 1. The molecule has 2 heterocycles. The molecule has 2 aromatic heterocycles. The average Bonchev–Trinajstić information content (AvgIpc) is 3.02. The largest absolute Gasteiger partial charge is 0.454 e. The molecule has 0 bridgehead atoms. The van der Waals surface area contributed by atoms with Crippen molar-refractivity contribution in [3.05, 3.63) is 87.1 Å². The van der Waals surface area contributed by atoms with Crippen molar-refractivity contribution in [2.75, 3.05) is 6.61 Å². The zero-order valence-electron chi connectivity index (χ0n) is 17.9. The van der Waals surface area contributed by atoms with Crippen LogP contribution in [-0.4, -0.2) is 27.5 Å². The number of aromatic nitrogens is 2. The first kappa shape index (κ1) is 21.3. The second kappa shape index (κ2) is 8.53. The maximum atomic E-state index is 12.7. The number of ether oxygens (including phenoxy) is 1. The van der Waals surface area contributed by atoms with Crippen molar-refractivity contribution in [3.63, 3.8) is 0 Å². The number of nitrogens with zero attached hydrogens (tertiary/aromatic N) is 2. The van der Waals surface area contributed by atoms with Crippen LogP contribution in [0.3, 0.4) is 0 Å². The van der Waals surface area contributed by atoms with E-state index in [2.05, 4.69) is 26.0 Å². The zero-order chi connectivity index (χ0) is 22.0. The van der Waals surface area contributed by atoms with E-state index in [-0.39, 0.29) is 23.5 Å². The number of hydrogen-bond donors (Lipinski definition) is 0. The van der Waals surface area contributed by atoms with Crippen LogP contribution in [0.15, 0.2) is 53.5 Å². The molecule has 156 valence electrons. The third kappa shape index (κ3) is 4.27. The molecule has 3 aromatic rings. The Labute approximate surface area is 175 Å². The Kier molecular flexibility index (Phi) is 6.06. The molecule has 6 nitrogen and oxygen atoms in total. The Bertz CT molecular complexity index is 1150.